The zero-order valence-electron chi connectivity index (χ0n) is 12.7. The first kappa shape index (κ1) is 16.2. The largest absolute Gasteiger partial charge is 0.378 e. The Kier molecular flexibility index (Phi) is 6.20. The maximum absolute atomic E-state index is 8.80. The average molecular weight is 287 g/mol. The first-order chi connectivity index (χ1) is 9.49. The van der Waals surface area contributed by atoms with Crippen LogP contribution in [0.25, 0.3) is 5.70 Å². The molecule has 0 radical (unpaired) electrons. The first-order valence-electron chi connectivity index (χ1n) is 6.30. The number of anilines is 1. The highest BCUT2D eigenvalue weighted by atomic mass is 32.2. The molecule has 0 saturated carbocycles. The van der Waals surface area contributed by atoms with Crippen molar-refractivity contribution in [1.82, 2.24) is 4.90 Å². The van der Waals surface area contributed by atoms with Gasteiger partial charge in [-0.25, -0.2) is 0 Å². The molecule has 0 amide bonds. The Morgan fingerprint density at radius 1 is 1.15 bits per heavy atom. The second kappa shape index (κ2) is 7.66. The summed E-state index contributed by atoms with van der Waals surface area (Å²) >= 11 is 1.57. The predicted molar refractivity (Wildman–Crippen MR) is 89.6 cm³/mol. The lowest BCUT2D eigenvalue weighted by Crippen LogP contribution is -2.11. The number of thioether (sulfide) groups is 1. The van der Waals surface area contributed by atoms with E-state index in [0.29, 0.717) is 0 Å². The van der Waals surface area contributed by atoms with Crippen molar-refractivity contribution in [2.45, 2.75) is 0 Å². The van der Waals surface area contributed by atoms with E-state index in [1.807, 2.05) is 40.5 Å². The average Bonchev–Trinajstić information content (AvgIpc) is 2.43. The molecule has 0 saturated heterocycles. The Morgan fingerprint density at radius 2 is 1.75 bits per heavy atom. The second-order valence-electron chi connectivity index (χ2n) is 4.75. The number of nitriles is 1. The molecule has 0 aliphatic heterocycles. The van der Waals surface area contributed by atoms with Crippen LogP contribution in [-0.4, -0.2) is 39.3 Å². The fraction of sp³-hybridized carbons (Fsp3) is 0.312. The Bertz CT molecular complexity index is 534. The number of benzene rings is 1. The van der Waals surface area contributed by atoms with Gasteiger partial charge < -0.3 is 9.80 Å². The van der Waals surface area contributed by atoms with Crippen molar-refractivity contribution < 1.29 is 0 Å². The van der Waals surface area contributed by atoms with Crippen LogP contribution in [0.3, 0.4) is 0 Å². The van der Waals surface area contributed by atoms with E-state index >= 15 is 0 Å². The molecule has 0 aromatic heterocycles. The molecule has 4 heteroatoms. The van der Waals surface area contributed by atoms with E-state index in [1.165, 1.54) is 5.69 Å². The summed E-state index contributed by atoms with van der Waals surface area (Å²) in [5.41, 5.74) is 3.40. The van der Waals surface area contributed by atoms with E-state index in [9.17, 15) is 0 Å². The van der Waals surface area contributed by atoms with Gasteiger partial charge in [-0.1, -0.05) is 12.1 Å². The molecule has 20 heavy (non-hydrogen) atoms. The van der Waals surface area contributed by atoms with Crippen LogP contribution < -0.4 is 4.90 Å². The molecule has 0 spiro atoms. The molecular weight excluding hydrogens is 266 g/mol. The predicted octanol–water partition coefficient (Wildman–Crippen LogP) is 3.43. The summed E-state index contributed by atoms with van der Waals surface area (Å²) in [6.45, 7) is 0. The minimum atomic E-state index is 0.952. The standard InChI is InChI=1S/C16H21N3S/c1-18(2)14-8-6-13(7-9-14)16(19(3)4)12-15(20-5)10-11-17/h6-10,12H,1-5H3/b15-10+,16-12+. The van der Waals surface area contributed by atoms with E-state index in [2.05, 4.69) is 40.1 Å². The topological polar surface area (TPSA) is 30.3 Å². The Labute approximate surface area is 126 Å². The number of rotatable bonds is 5. The van der Waals surface area contributed by atoms with Crippen molar-refractivity contribution in [3.05, 3.63) is 46.9 Å². The van der Waals surface area contributed by atoms with Crippen LogP contribution in [0, 0.1) is 11.3 Å². The van der Waals surface area contributed by atoms with Crippen LogP contribution in [-0.2, 0) is 0 Å². The SMILES string of the molecule is CSC(=C/C#N)/C=C(\c1ccc(N(C)C)cc1)N(C)C. The summed E-state index contributed by atoms with van der Waals surface area (Å²) in [7, 11) is 8.07. The maximum atomic E-state index is 8.80. The Morgan fingerprint density at radius 3 is 2.15 bits per heavy atom. The van der Waals surface area contributed by atoms with E-state index < -0.39 is 0 Å². The van der Waals surface area contributed by atoms with Gasteiger partial charge in [0.2, 0.25) is 0 Å². The lowest BCUT2D eigenvalue weighted by Gasteiger charge is -2.19. The van der Waals surface area contributed by atoms with Gasteiger partial charge in [0.05, 0.1) is 6.07 Å². The normalized spacial score (nSPS) is 12.0. The molecule has 0 unspecified atom stereocenters. The zero-order chi connectivity index (χ0) is 15.1. The van der Waals surface area contributed by atoms with E-state index in [1.54, 1.807) is 17.8 Å². The minimum Gasteiger partial charge on any atom is -0.378 e. The van der Waals surface area contributed by atoms with Gasteiger partial charge >= 0.3 is 0 Å². The summed E-state index contributed by atoms with van der Waals surface area (Å²) in [6, 6.07) is 10.5. The molecular formula is C16H21N3S. The van der Waals surface area contributed by atoms with Gasteiger partial charge in [0, 0.05) is 50.6 Å². The molecule has 0 aliphatic rings. The van der Waals surface area contributed by atoms with Gasteiger partial charge in [-0.05, 0) is 30.0 Å². The lowest BCUT2D eigenvalue weighted by atomic mass is 10.1. The number of nitrogens with zero attached hydrogens (tertiary/aromatic N) is 3. The third kappa shape index (κ3) is 4.36. The van der Waals surface area contributed by atoms with Gasteiger partial charge in [-0.3, -0.25) is 0 Å². The zero-order valence-corrected chi connectivity index (χ0v) is 13.5. The molecule has 1 aromatic carbocycles. The van der Waals surface area contributed by atoms with Crippen LogP contribution >= 0.6 is 11.8 Å². The third-order valence-electron chi connectivity index (χ3n) is 2.88. The van der Waals surface area contributed by atoms with E-state index in [4.69, 9.17) is 5.26 Å². The summed E-state index contributed by atoms with van der Waals surface area (Å²) in [5.74, 6) is 0. The molecule has 0 atom stereocenters. The molecule has 0 bridgehead atoms. The van der Waals surface area contributed by atoms with Gasteiger partial charge in [-0.15, -0.1) is 11.8 Å². The third-order valence-corrected chi connectivity index (χ3v) is 3.59. The fourth-order valence-corrected chi connectivity index (χ4v) is 2.16. The Balaban J connectivity index is 3.18. The van der Waals surface area contributed by atoms with Crippen LogP contribution in [0.15, 0.2) is 41.3 Å². The molecule has 3 nitrogen and oxygen atoms in total. The molecule has 0 N–H and O–H groups in total. The molecule has 0 aliphatic carbocycles. The van der Waals surface area contributed by atoms with Crippen molar-refractivity contribution in [2.24, 2.45) is 0 Å². The van der Waals surface area contributed by atoms with Crippen molar-refractivity contribution in [2.75, 3.05) is 39.3 Å². The summed E-state index contributed by atoms with van der Waals surface area (Å²) in [5, 5.41) is 8.80. The smallest absolute Gasteiger partial charge is 0.0923 e. The summed E-state index contributed by atoms with van der Waals surface area (Å²) in [4.78, 5) is 5.09. The van der Waals surface area contributed by atoms with Crippen LogP contribution in [0.2, 0.25) is 0 Å². The molecule has 1 rings (SSSR count). The Hall–Kier alpha value is -1.86. The monoisotopic (exact) mass is 287 g/mol. The van der Waals surface area contributed by atoms with Crippen molar-refractivity contribution in [3.63, 3.8) is 0 Å². The molecule has 106 valence electrons. The van der Waals surface area contributed by atoms with Gasteiger partial charge in [0.1, 0.15) is 0 Å². The van der Waals surface area contributed by atoms with E-state index in [0.717, 1.165) is 16.2 Å². The highest BCUT2D eigenvalue weighted by Gasteiger charge is 2.06. The molecule has 0 fully saturated rings. The number of hydrogen-bond acceptors (Lipinski definition) is 4. The van der Waals surface area contributed by atoms with Crippen LogP contribution in [0.1, 0.15) is 5.56 Å². The van der Waals surface area contributed by atoms with Crippen LogP contribution in [0.5, 0.6) is 0 Å². The quantitative estimate of drug-likeness (QED) is 0.613. The maximum Gasteiger partial charge on any atom is 0.0923 e. The fourth-order valence-electron chi connectivity index (χ4n) is 1.76. The van der Waals surface area contributed by atoms with Gasteiger partial charge in [-0.2, -0.15) is 5.26 Å². The lowest BCUT2D eigenvalue weighted by molar-refractivity contribution is 0.592. The van der Waals surface area contributed by atoms with Crippen molar-refractivity contribution in [3.8, 4) is 6.07 Å². The highest BCUT2D eigenvalue weighted by molar-refractivity contribution is 8.02. The van der Waals surface area contributed by atoms with E-state index in [-0.39, 0.29) is 0 Å². The van der Waals surface area contributed by atoms with Crippen molar-refractivity contribution >= 4 is 23.1 Å². The molecule has 0 heterocycles. The van der Waals surface area contributed by atoms with Crippen LogP contribution in [0.4, 0.5) is 5.69 Å². The highest BCUT2D eigenvalue weighted by Crippen LogP contribution is 2.24. The first-order valence-corrected chi connectivity index (χ1v) is 7.52. The second-order valence-corrected chi connectivity index (χ2v) is 5.62. The van der Waals surface area contributed by atoms with Gasteiger partial charge in [0.25, 0.3) is 0 Å². The molecule has 1 aromatic rings. The van der Waals surface area contributed by atoms with Gasteiger partial charge in [0.15, 0.2) is 0 Å². The number of hydrogen-bond donors (Lipinski definition) is 0. The summed E-state index contributed by atoms with van der Waals surface area (Å²) < 4.78 is 0. The minimum absolute atomic E-state index is 0.952. The van der Waals surface area contributed by atoms with Crippen molar-refractivity contribution in [1.29, 1.82) is 5.26 Å². The number of allylic oxidation sites excluding steroid dienone is 2. The summed E-state index contributed by atoms with van der Waals surface area (Å²) in [6.07, 6.45) is 5.59.